The number of esters is 1. The summed E-state index contributed by atoms with van der Waals surface area (Å²) in [6.07, 6.45) is 1.29. The summed E-state index contributed by atoms with van der Waals surface area (Å²) in [4.78, 5) is 29.0. The molecule has 120 valence electrons. The molecule has 0 radical (unpaired) electrons. The average Bonchev–Trinajstić information content (AvgIpc) is 2.53. The topological polar surface area (TPSA) is 71.5 Å². The molecule has 2 rings (SSSR count). The number of hydrogen-bond donors (Lipinski definition) is 1. The summed E-state index contributed by atoms with van der Waals surface area (Å²) in [6.45, 7) is 3.18. The summed E-state index contributed by atoms with van der Waals surface area (Å²) in [5, 5.41) is 2.59. The van der Waals surface area contributed by atoms with Crippen molar-refractivity contribution in [2.45, 2.75) is 19.8 Å². The van der Waals surface area contributed by atoms with Gasteiger partial charge in [-0.1, -0.05) is 6.07 Å². The summed E-state index contributed by atoms with van der Waals surface area (Å²) in [7, 11) is 0. The Morgan fingerprint density at radius 2 is 2.14 bits per heavy atom. The van der Waals surface area contributed by atoms with E-state index in [1.165, 1.54) is 6.07 Å². The maximum Gasteiger partial charge on any atom is 0.325 e. The van der Waals surface area contributed by atoms with E-state index in [1.807, 2.05) is 4.90 Å². The zero-order chi connectivity index (χ0) is 15.9. The van der Waals surface area contributed by atoms with Crippen molar-refractivity contribution in [2.75, 3.05) is 31.1 Å². The zero-order valence-corrected chi connectivity index (χ0v) is 12.5. The normalized spacial score (nSPS) is 15.5. The molecule has 1 fully saturated rings. The lowest BCUT2D eigenvalue weighted by Gasteiger charge is -2.32. The van der Waals surface area contributed by atoms with Crippen molar-refractivity contribution >= 4 is 17.7 Å². The van der Waals surface area contributed by atoms with Crippen LogP contribution in [0.25, 0.3) is 0 Å². The van der Waals surface area contributed by atoms with E-state index < -0.39 is 11.9 Å². The molecule has 1 aliphatic rings. The number of hydrogen-bond acceptors (Lipinski definition) is 5. The molecule has 0 aromatic carbocycles. The number of ether oxygens (including phenoxy) is 1. The summed E-state index contributed by atoms with van der Waals surface area (Å²) in [6, 6.07) is 4.68. The van der Waals surface area contributed by atoms with Crippen LogP contribution in [0.2, 0.25) is 0 Å². The molecule has 7 heteroatoms. The Hall–Kier alpha value is -2.18. The smallest absolute Gasteiger partial charge is 0.325 e. The third kappa shape index (κ3) is 4.41. The molecule has 0 spiro atoms. The third-order valence-electron chi connectivity index (χ3n) is 3.60. The van der Waals surface area contributed by atoms with Crippen LogP contribution < -0.4 is 10.2 Å². The predicted molar refractivity (Wildman–Crippen MR) is 78.8 cm³/mol. The van der Waals surface area contributed by atoms with Gasteiger partial charge in [0.2, 0.25) is 11.9 Å². The molecule has 2 heterocycles. The van der Waals surface area contributed by atoms with E-state index in [9.17, 15) is 14.0 Å². The van der Waals surface area contributed by atoms with Gasteiger partial charge in [0.1, 0.15) is 12.4 Å². The van der Waals surface area contributed by atoms with E-state index in [2.05, 4.69) is 10.3 Å². The van der Waals surface area contributed by atoms with Gasteiger partial charge in [0.25, 0.3) is 0 Å². The molecule has 1 aromatic rings. The van der Waals surface area contributed by atoms with Gasteiger partial charge >= 0.3 is 5.97 Å². The number of pyridine rings is 1. The molecule has 1 aliphatic heterocycles. The van der Waals surface area contributed by atoms with Crippen molar-refractivity contribution in [2.24, 2.45) is 5.92 Å². The maximum atomic E-state index is 13.1. The fraction of sp³-hybridized carbons (Fsp3) is 0.533. The Morgan fingerprint density at radius 1 is 1.41 bits per heavy atom. The van der Waals surface area contributed by atoms with Gasteiger partial charge in [-0.15, -0.1) is 0 Å². The van der Waals surface area contributed by atoms with Gasteiger partial charge in [-0.3, -0.25) is 9.59 Å². The minimum atomic E-state index is -0.508. The molecule has 1 N–H and O–H groups in total. The van der Waals surface area contributed by atoms with E-state index in [0.717, 1.165) is 0 Å². The molecule has 1 saturated heterocycles. The molecule has 0 saturated carbocycles. The number of nitrogens with one attached hydrogen (secondary N) is 1. The molecule has 22 heavy (non-hydrogen) atoms. The molecular weight excluding hydrogens is 289 g/mol. The lowest BCUT2D eigenvalue weighted by atomic mass is 9.96. The molecule has 1 aromatic heterocycles. The quantitative estimate of drug-likeness (QED) is 0.652. The van der Waals surface area contributed by atoms with Crippen molar-refractivity contribution in [3.63, 3.8) is 0 Å². The zero-order valence-electron chi connectivity index (χ0n) is 12.5. The van der Waals surface area contributed by atoms with Crippen LogP contribution in [0.3, 0.4) is 0 Å². The van der Waals surface area contributed by atoms with Crippen molar-refractivity contribution in [3.05, 3.63) is 24.1 Å². The Bertz CT molecular complexity index is 531. The van der Waals surface area contributed by atoms with E-state index >= 15 is 0 Å². The number of amides is 1. The predicted octanol–water partition coefficient (Wildman–Crippen LogP) is 1.12. The molecular formula is C15H20FN3O3. The first-order valence-electron chi connectivity index (χ1n) is 7.41. The standard InChI is InChI=1S/C15H20FN3O3/c1-2-22-14(20)10-17-15(21)11-6-8-19(9-7-11)13-5-3-4-12(16)18-13/h3-5,11H,2,6-10H2,1H3,(H,17,21). The largest absolute Gasteiger partial charge is 0.465 e. The Balaban J connectivity index is 1.79. The van der Waals surface area contributed by atoms with Gasteiger partial charge < -0.3 is 15.0 Å². The van der Waals surface area contributed by atoms with Crippen molar-refractivity contribution in [3.8, 4) is 0 Å². The number of nitrogens with zero attached hydrogens (tertiary/aromatic N) is 2. The van der Waals surface area contributed by atoms with E-state index in [0.29, 0.717) is 38.4 Å². The fourth-order valence-corrected chi connectivity index (χ4v) is 2.46. The van der Waals surface area contributed by atoms with Crippen molar-refractivity contribution in [1.29, 1.82) is 0 Å². The van der Waals surface area contributed by atoms with Crippen molar-refractivity contribution in [1.82, 2.24) is 10.3 Å². The van der Waals surface area contributed by atoms with Crippen LogP contribution in [-0.2, 0) is 14.3 Å². The minimum Gasteiger partial charge on any atom is -0.465 e. The highest BCUT2D eigenvalue weighted by molar-refractivity contribution is 5.83. The third-order valence-corrected chi connectivity index (χ3v) is 3.60. The monoisotopic (exact) mass is 309 g/mol. The summed E-state index contributed by atoms with van der Waals surface area (Å²) >= 11 is 0. The number of rotatable bonds is 5. The highest BCUT2D eigenvalue weighted by Gasteiger charge is 2.26. The van der Waals surface area contributed by atoms with Crippen molar-refractivity contribution < 1.29 is 18.7 Å². The first-order valence-corrected chi connectivity index (χ1v) is 7.41. The van der Waals surface area contributed by atoms with Gasteiger partial charge in [-0.2, -0.15) is 4.39 Å². The van der Waals surface area contributed by atoms with Crippen LogP contribution in [0.5, 0.6) is 0 Å². The number of carbonyl (C=O) groups excluding carboxylic acids is 2. The van der Waals surface area contributed by atoms with Crippen LogP contribution in [0.4, 0.5) is 10.2 Å². The summed E-state index contributed by atoms with van der Waals surface area (Å²) in [5.41, 5.74) is 0. The fourth-order valence-electron chi connectivity index (χ4n) is 2.46. The average molecular weight is 309 g/mol. The van der Waals surface area contributed by atoms with E-state index in [1.54, 1.807) is 19.1 Å². The van der Waals surface area contributed by atoms with Crippen LogP contribution in [0.1, 0.15) is 19.8 Å². The van der Waals surface area contributed by atoms with Gasteiger partial charge in [-0.05, 0) is 31.9 Å². The number of aromatic nitrogens is 1. The Kier molecular flexibility index (Phi) is 5.68. The first kappa shape index (κ1) is 16.2. The van der Waals surface area contributed by atoms with Gasteiger partial charge in [0, 0.05) is 19.0 Å². The van der Waals surface area contributed by atoms with Gasteiger partial charge in [-0.25, -0.2) is 4.98 Å². The Labute approximate surface area is 128 Å². The molecule has 0 bridgehead atoms. The first-order chi connectivity index (χ1) is 10.6. The second-order valence-electron chi connectivity index (χ2n) is 5.10. The highest BCUT2D eigenvalue weighted by atomic mass is 19.1. The molecule has 1 amide bonds. The van der Waals surface area contributed by atoms with Crippen LogP contribution >= 0.6 is 0 Å². The van der Waals surface area contributed by atoms with Crippen LogP contribution in [0, 0.1) is 11.9 Å². The second kappa shape index (κ2) is 7.72. The summed E-state index contributed by atoms with van der Waals surface area (Å²) in [5.74, 6) is -0.631. The van der Waals surface area contributed by atoms with Gasteiger partial charge in [0.05, 0.1) is 6.61 Å². The van der Waals surface area contributed by atoms with Crippen LogP contribution in [0.15, 0.2) is 18.2 Å². The second-order valence-corrected chi connectivity index (χ2v) is 5.10. The number of anilines is 1. The number of piperidine rings is 1. The minimum absolute atomic E-state index is 0.0989. The number of carbonyl (C=O) groups is 2. The number of halogens is 1. The molecule has 0 aliphatic carbocycles. The highest BCUT2D eigenvalue weighted by Crippen LogP contribution is 2.22. The summed E-state index contributed by atoms with van der Waals surface area (Å²) < 4.78 is 17.9. The maximum absolute atomic E-state index is 13.1. The lowest BCUT2D eigenvalue weighted by Crippen LogP contribution is -2.42. The Morgan fingerprint density at radius 3 is 2.77 bits per heavy atom. The lowest BCUT2D eigenvalue weighted by molar-refractivity contribution is -0.143. The molecule has 0 unspecified atom stereocenters. The SMILES string of the molecule is CCOC(=O)CNC(=O)C1CCN(c2cccc(F)n2)CC1. The van der Waals surface area contributed by atoms with E-state index in [4.69, 9.17) is 4.74 Å². The molecule has 0 atom stereocenters. The van der Waals surface area contributed by atoms with Gasteiger partial charge in [0.15, 0.2) is 0 Å². The molecule has 6 nitrogen and oxygen atoms in total. The van der Waals surface area contributed by atoms with Crippen LogP contribution in [-0.4, -0.2) is 43.1 Å². The van der Waals surface area contributed by atoms with E-state index in [-0.39, 0.29) is 18.4 Å².